The minimum atomic E-state index is -0.307. The number of hydrogen-bond donors (Lipinski definition) is 1. The van der Waals surface area contributed by atoms with Gasteiger partial charge in [0, 0.05) is 24.3 Å². The molecule has 0 atom stereocenters. The van der Waals surface area contributed by atoms with Gasteiger partial charge in [-0.3, -0.25) is 9.59 Å². The summed E-state index contributed by atoms with van der Waals surface area (Å²) in [5.41, 5.74) is 2.14. The molecule has 0 aliphatic carbocycles. The Kier molecular flexibility index (Phi) is 4.56. The SMILES string of the molecule is C=CC(=O)Nc1ccc(N2CCCCC2)cc1C(C)=O. The molecular weight excluding hydrogens is 252 g/mol. The summed E-state index contributed by atoms with van der Waals surface area (Å²) in [6.45, 7) is 6.98. The molecule has 0 spiro atoms. The van der Waals surface area contributed by atoms with E-state index in [-0.39, 0.29) is 11.7 Å². The zero-order valence-electron chi connectivity index (χ0n) is 11.8. The highest BCUT2D eigenvalue weighted by atomic mass is 16.1. The van der Waals surface area contributed by atoms with Gasteiger partial charge >= 0.3 is 0 Å². The molecule has 0 aromatic heterocycles. The highest BCUT2D eigenvalue weighted by Crippen LogP contribution is 2.26. The minimum Gasteiger partial charge on any atom is -0.372 e. The van der Waals surface area contributed by atoms with Crippen LogP contribution in [-0.4, -0.2) is 24.8 Å². The van der Waals surface area contributed by atoms with Gasteiger partial charge < -0.3 is 10.2 Å². The summed E-state index contributed by atoms with van der Waals surface area (Å²) in [7, 11) is 0. The fraction of sp³-hybridized carbons (Fsp3) is 0.375. The topological polar surface area (TPSA) is 49.4 Å². The van der Waals surface area contributed by atoms with Crippen molar-refractivity contribution in [2.75, 3.05) is 23.3 Å². The molecule has 0 bridgehead atoms. The zero-order chi connectivity index (χ0) is 14.5. The Labute approximate surface area is 119 Å². The second-order valence-corrected chi connectivity index (χ2v) is 5.03. The molecule has 1 aromatic carbocycles. The van der Waals surface area contributed by atoms with Crippen LogP contribution in [0.4, 0.5) is 11.4 Å². The molecule has 20 heavy (non-hydrogen) atoms. The first-order valence-electron chi connectivity index (χ1n) is 6.95. The first kappa shape index (κ1) is 14.3. The van der Waals surface area contributed by atoms with Crippen molar-refractivity contribution in [3.05, 3.63) is 36.4 Å². The van der Waals surface area contributed by atoms with Crippen molar-refractivity contribution >= 4 is 23.1 Å². The van der Waals surface area contributed by atoms with Gasteiger partial charge in [-0.25, -0.2) is 0 Å². The molecule has 4 nitrogen and oxygen atoms in total. The lowest BCUT2D eigenvalue weighted by Gasteiger charge is -2.29. The van der Waals surface area contributed by atoms with E-state index in [0.29, 0.717) is 11.3 Å². The molecule has 1 fully saturated rings. The maximum Gasteiger partial charge on any atom is 0.247 e. The van der Waals surface area contributed by atoms with E-state index in [2.05, 4.69) is 16.8 Å². The molecule has 1 aliphatic heterocycles. The molecule has 106 valence electrons. The lowest BCUT2D eigenvalue weighted by atomic mass is 10.1. The molecular formula is C16H20N2O2. The molecule has 0 unspecified atom stereocenters. The Bertz CT molecular complexity index is 531. The summed E-state index contributed by atoms with van der Waals surface area (Å²) in [5, 5.41) is 2.68. The van der Waals surface area contributed by atoms with Gasteiger partial charge in [-0.1, -0.05) is 6.58 Å². The van der Waals surface area contributed by atoms with Crippen LogP contribution in [0.15, 0.2) is 30.9 Å². The van der Waals surface area contributed by atoms with Crippen molar-refractivity contribution in [3.8, 4) is 0 Å². The van der Waals surface area contributed by atoms with Gasteiger partial charge in [-0.2, -0.15) is 0 Å². The van der Waals surface area contributed by atoms with Crippen LogP contribution in [0.3, 0.4) is 0 Å². The third kappa shape index (κ3) is 3.26. The van der Waals surface area contributed by atoms with Crippen LogP contribution in [0.25, 0.3) is 0 Å². The summed E-state index contributed by atoms with van der Waals surface area (Å²) in [6, 6.07) is 5.62. The number of nitrogens with zero attached hydrogens (tertiary/aromatic N) is 1. The van der Waals surface area contributed by atoms with Gasteiger partial charge in [0.05, 0.1) is 5.69 Å². The Morgan fingerprint density at radius 1 is 1.25 bits per heavy atom. The Morgan fingerprint density at radius 3 is 2.55 bits per heavy atom. The van der Waals surface area contributed by atoms with E-state index in [0.717, 1.165) is 18.8 Å². The zero-order valence-corrected chi connectivity index (χ0v) is 11.8. The molecule has 2 rings (SSSR count). The maximum absolute atomic E-state index is 11.8. The number of ketones is 1. The fourth-order valence-corrected chi connectivity index (χ4v) is 2.47. The van der Waals surface area contributed by atoms with E-state index in [1.807, 2.05) is 12.1 Å². The molecule has 0 radical (unpaired) electrons. The normalized spacial score (nSPS) is 14.8. The van der Waals surface area contributed by atoms with Gasteiger partial charge in [0.15, 0.2) is 5.78 Å². The first-order chi connectivity index (χ1) is 9.61. The van der Waals surface area contributed by atoms with Gasteiger partial charge in [0.25, 0.3) is 0 Å². The van der Waals surface area contributed by atoms with Crippen LogP contribution in [0.2, 0.25) is 0 Å². The van der Waals surface area contributed by atoms with Crippen LogP contribution >= 0.6 is 0 Å². The number of anilines is 2. The van der Waals surface area contributed by atoms with Crippen LogP contribution in [0.1, 0.15) is 36.5 Å². The molecule has 4 heteroatoms. The fourth-order valence-electron chi connectivity index (χ4n) is 2.47. The van der Waals surface area contributed by atoms with Crippen molar-refractivity contribution < 1.29 is 9.59 Å². The number of nitrogens with one attached hydrogen (secondary N) is 1. The van der Waals surface area contributed by atoms with Crippen molar-refractivity contribution in [3.63, 3.8) is 0 Å². The summed E-state index contributed by atoms with van der Waals surface area (Å²) < 4.78 is 0. The summed E-state index contributed by atoms with van der Waals surface area (Å²) in [5.74, 6) is -0.360. The Balaban J connectivity index is 2.29. The largest absolute Gasteiger partial charge is 0.372 e. The Morgan fingerprint density at radius 2 is 1.95 bits per heavy atom. The van der Waals surface area contributed by atoms with E-state index < -0.39 is 0 Å². The Hall–Kier alpha value is -2.10. The third-order valence-electron chi connectivity index (χ3n) is 3.55. The summed E-state index contributed by atoms with van der Waals surface area (Å²) in [6.07, 6.45) is 4.83. The lowest BCUT2D eigenvalue weighted by Crippen LogP contribution is -2.29. The predicted octanol–water partition coefficient (Wildman–Crippen LogP) is 3.00. The molecule has 1 aliphatic rings. The van der Waals surface area contributed by atoms with Crippen LogP contribution < -0.4 is 10.2 Å². The van der Waals surface area contributed by atoms with Crippen LogP contribution in [0, 0.1) is 0 Å². The van der Waals surface area contributed by atoms with E-state index in [1.165, 1.54) is 32.3 Å². The minimum absolute atomic E-state index is 0.0526. The number of benzene rings is 1. The number of piperidine rings is 1. The van der Waals surface area contributed by atoms with E-state index in [4.69, 9.17) is 0 Å². The van der Waals surface area contributed by atoms with Crippen molar-refractivity contribution in [2.45, 2.75) is 26.2 Å². The van der Waals surface area contributed by atoms with Crippen molar-refractivity contribution in [1.29, 1.82) is 0 Å². The smallest absolute Gasteiger partial charge is 0.247 e. The predicted molar refractivity (Wildman–Crippen MR) is 81.3 cm³/mol. The van der Waals surface area contributed by atoms with Gasteiger partial charge in [0.2, 0.25) is 5.91 Å². The van der Waals surface area contributed by atoms with Crippen LogP contribution in [-0.2, 0) is 4.79 Å². The second kappa shape index (κ2) is 6.37. The number of carbonyl (C=O) groups excluding carboxylic acids is 2. The van der Waals surface area contributed by atoms with E-state index in [9.17, 15) is 9.59 Å². The highest BCUT2D eigenvalue weighted by molar-refractivity contribution is 6.06. The molecule has 1 aromatic rings. The van der Waals surface area contributed by atoms with Crippen molar-refractivity contribution in [2.24, 2.45) is 0 Å². The number of hydrogen-bond acceptors (Lipinski definition) is 3. The average Bonchev–Trinajstić information content (AvgIpc) is 2.48. The van der Waals surface area contributed by atoms with Gasteiger partial charge in [-0.05, 0) is 50.5 Å². The molecule has 1 heterocycles. The van der Waals surface area contributed by atoms with E-state index in [1.54, 1.807) is 6.07 Å². The number of carbonyl (C=O) groups is 2. The summed E-state index contributed by atoms with van der Waals surface area (Å²) >= 11 is 0. The standard InChI is InChI=1S/C16H20N2O2/c1-3-16(20)17-15-8-7-13(11-14(15)12(2)19)18-9-5-4-6-10-18/h3,7-8,11H,1,4-6,9-10H2,2H3,(H,17,20). The number of amides is 1. The molecule has 1 N–H and O–H groups in total. The van der Waals surface area contributed by atoms with Gasteiger partial charge in [-0.15, -0.1) is 0 Å². The lowest BCUT2D eigenvalue weighted by molar-refractivity contribution is -0.111. The first-order valence-corrected chi connectivity index (χ1v) is 6.95. The van der Waals surface area contributed by atoms with Crippen LogP contribution in [0.5, 0.6) is 0 Å². The maximum atomic E-state index is 11.8. The third-order valence-corrected chi connectivity index (χ3v) is 3.55. The average molecular weight is 272 g/mol. The van der Waals surface area contributed by atoms with Crippen molar-refractivity contribution in [1.82, 2.24) is 0 Å². The quantitative estimate of drug-likeness (QED) is 0.677. The highest BCUT2D eigenvalue weighted by Gasteiger charge is 2.15. The van der Waals surface area contributed by atoms with E-state index >= 15 is 0 Å². The number of Topliss-reactive ketones (excluding diaryl/α,β-unsaturated/α-hetero) is 1. The second-order valence-electron chi connectivity index (χ2n) is 5.03. The molecule has 1 saturated heterocycles. The summed E-state index contributed by atoms with van der Waals surface area (Å²) in [4.78, 5) is 25.5. The van der Waals surface area contributed by atoms with Gasteiger partial charge in [0.1, 0.15) is 0 Å². The monoisotopic (exact) mass is 272 g/mol. The molecule has 1 amide bonds. The molecule has 0 saturated carbocycles. The number of rotatable bonds is 4.